The summed E-state index contributed by atoms with van der Waals surface area (Å²) in [5.41, 5.74) is 1.05. The number of anilines is 1. The van der Waals surface area contributed by atoms with E-state index in [9.17, 15) is 4.79 Å². The van der Waals surface area contributed by atoms with Crippen LogP contribution in [0.1, 0.15) is 43.0 Å². The molecule has 0 aliphatic rings. The molecule has 0 atom stereocenters. The number of carbonyl (C=O) groups is 1. The van der Waals surface area contributed by atoms with E-state index in [-0.39, 0.29) is 11.0 Å². The molecule has 144 valence electrons. The summed E-state index contributed by atoms with van der Waals surface area (Å²) in [6.45, 7) is 2.74. The molecule has 2 aromatic carbocycles. The number of nitrogens with one attached hydrogen (secondary N) is 2. The van der Waals surface area contributed by atoms with Crippen molar-refractivity contribution in [1.29, 1.82) is 0 Å². The molecule has 0 aliphatic heterocycles. The van der Waals surface area contributed by atoms with Gasteiger partial charge in [-0.2, -0.15) is 0 Å². The first kappa shape index (κ1) is 21.7. The summed E-state index contributed by atoms with van der Waals surface area (Å²) >= 11 is 14.7. The summed E-state index contributed by atoms with van der Waals surface area (Å²) in [7, 11) is 0. The number of carbonyl (C=O) groups excluding carboxylic acids is 1. The number of amides is 1. The number of ether oxygens (including phenoxy) is 1. The van der Waals surface area contributed by atoms with Gasteiger partial charge in [-0.05, 0) is 49.0 Å². The monoisotopic (exact) mass is 468 g/mol. The van der Waals surface area contributed by atoms with Gasteiger partial charge in [0.1, 0.15) is 5.75 Å². The molecule has 2 rings (SSSR count). The Balaban J connectivity index is 2.00. The Hall–Kier alpha value is -1.63. The Morgan fingerprint density at radius 3 is 2.70 bits per heavy atom. The lowest BCUT2D eigenvalue weighted by atomic mass is 10.2. The lowest BCUT2D eigenvalue weighted by Gasteiger charge is -2.14. The van der Waals surface area contributed by atoms with Crippen LogP contribution in [0.3, 0.4) is 0 Å². The number of benzene rings is 2. The number of rotatable bonds is 8. The first-order chi connectivity index (χ1) is 13.0. The Morgan fingerprint density at radius 2 is 1.96 bits per heavy atom. The van der Waals surface area contributed by atoms with Crippen LogP contribution in [0.15, 0.2) is 46.9 Å². The molecule has 0 bridgehead atoms. The van der Waals surface area contributed by atoms with Crippen LogP contribution in [-0.4, -0.2) is 17.6 Å². The fourth-order valence-electron chi connectivity index (χ4n) is 2.40. The molecular weight excluding hydrogens is 448 g/mol. The van der Waals surface area contributed by atoms with Crippen molar-refractivity contribution in [2.45, 2.75) is 32.6 Å². The number of hydrogen-bond donors (Lipinski definition) is 2. The van der Waals surface area contributed by atoms with Crippen LogP contribution in [0.25, 0.3) is 0 Å². The van der Waals surface area contributed by atoms with Gasteiger partial charge in [0.25, 0.3) is 5.91 Å². The van der Waals surface area contributed by atoms with E-state index in [0.29, 0.717) is 28.6 Å². The van der Waals surface area contributed by atoms with E-state index in [1.54, 1.807) is 24.3 Å². The standard InChI is InChI=1S/C20H22BrClN2O2S/c1-2-3-4-7-12-26-18-11-10-14(21)13-15(18)19(25)24-20(27)23-17-9-6-5-8-16(17)22/h5-6,8-11,13H,2-4,7,12H2,1H3,(H2,23,24,25,27). The number of thiocarbonyl (C=S) groups is 1. The number of para-hydroxylation sites is 1. The predicted molar refractivity (Wildman–Crippen MR) is 119 cm³/mol. The molecule has 0 spiro atoms. The highest BCUT2D eigenvalue weighted by Crippen LogP contribution is 2.24. The van der Waals surface area contributed by atoms with E-state index in [1.807, 2.05) is 18.2 Å². The fraction of sp³-hybridized carbons (Fsp3) is 0.300. The van der Waals surface area contributed by atoms with Gasteiger partial charge in [-0.1, -0.05) is 65.8 Å². The number of hydrogen-bond acceptors (Lipinski definition) is 3. The van der Waals surface area contributed by atoms with Gasteiger partial charge < -0.3 is 10.1 Å². The second kappa shape index (κ2) is 11.3. The molecule has 0 heterocycles. The zero-order valence-electron chi connectivity index (χ0n) is 15.1. The van der Waals surface area contributed by atoms with E-state index < -0.39 is 0 Å². The van der Waals surface area contributed by atoms with Crippen molar-refractivity contribution in [3.8, 4) is 5.75 Å². The summed E-state index contributed by atoms with van der Waals surface area (Å²) in [4.78, 5) is 12.7. The van der Waals surface area contributed by atoms with E-state index in [0.717, 1.165) is 17.3 Å². The van der Waals surface area contributed by atoms with Gasteiger partial charge in [0.2, 0.25) is 0 Å². The molecule has 1 amide bonds. The maximum absolute atomic E-state index is 12.7. The minimum absolute atomic E-state index is 0.168. The Bertz CT molecular complexity index is 801. The van der Waals surface area contributed by atoms with Gasteiger partial charge >= 0.3 is 0 Å². The zero-order valence-corrected chi connectivity index (χ0v) is 18.2. The highest BCUT2D eigenvalue weighted by molar-refractivity contribution is 9.10. The number of halogens is 2. The van der Waals surface area contributed by atoms with Crippen LogP contribution in [0, 0.1) is 0 Å². The molecule has 0 saturated carbocycles. The van der Waals surface area contributed by atoms with Gasteiger partial charge in [-0.25, -0.2) is 0 Å². The quantitative estimate of drug-likeness (QED) is 0.357. The van der Waals surface area contributed by atoms with Crippen LogP contribution in [0.2, 0.25) is 5.02 Å². The molecular formula is C20H22BrClN2O2S. The third-order valence-corrected chi connectivity index (χ3v) is 4.82. The molecule has 0 aliphatic carbocycles. The topological polar surface area (TPSA) is 50.4 Å². The van der Waals surface area contributed by atoms with Crippen LogP contribution < -0.4 is 15.4 Å². The normalized spacial score (nSPS) is 10.3. The molecule has 7 heteroatoms. The summed E-state index contributed by atoms with van der Waals surface area (Å²) in [5.74, 6) is 0.192. The Labute approximate surface area is 178 Å². The van der Waals surface area contributed by atoms with Crippen LogP contribution in [-0.2, 0) is 0 Å². The van der Waals surface area contributed by atoms with Crippen molar-refractivity contribution in [2.24, 2.45) is 0 Å². The lowest BCUT2D eigenvalue weighted by Crippen LogP contribution is -2.34. The van der Waals surface area contributed by atoms with Crippen molar-refractivity contribution < 1.29 is 9.53 Å². The van der Waals surface area contributed by atoms with Gasteiger partial charge in [0.15, 0.2) is 5.11 Å². The van der Waals surface area contributed by atoms with Crippen molar-refractivity contribution in [3.63, 3.8) is 0 Å². The number of unbranched alkanes of at least 4 members (excludes halogenated alkanes) is 3. The first-order valence-corrected chi connectivity index (χ1v) is 10.4. The van der Waals surface area contributed by atoms with Crippen molar-refractivity contribution >= 4 is 56.5 Å². The average Bonchev–Trinajstić information content (AvgIpc) is 2.64. The average molecular weight is 470 g/mol. The molecule has 4 nitrogen and oxygen atoms in total. The van der Waals surface area contributed by atoms with Crippen molar-refractivity contribution in [1.82, 2.24) is 5.32 Å². The zero-order chi connectivity index (χ0) is 19.6. The maximum atomic E-state index is 12.7. The summed E-state index contributed by atoms with van der Waals surface area (Å²) in [6.07, 6.45) is 4.42. The second-order valence-corrected chi connectivity index (χ2v) is 7.67. The van der Waals surface area contributed by atoms with Gasteiger partial charge in [0, 0.05) is 4.47 Å². The SMILES string of the molecule is CCCCCCOc1ccc(Br)cc1C(=O)NC(=S)Nc1ccccc1Cl. The molecule has 2 aromatic rings. The summed E-state index contributed by atoms with van der Waals surface area (Å²) in [6, 6.07) is 12.5. The molecule has 0 fully saturated rings. The van der Waals surface area contributed by atoms with Gasteiger partial charge in [0.05, 0.1) is 22.9 Å². The van der Waals surface area contributed by atoms with Gasteiger partial charge in [-0.3, -0.25) is 10.1 Å². The smallest absolute Gasteiger partial charge is 0.261 e. The minimum Gasteiger partial charge on any atom is -0.493 e. The van der Waals surface area contributed by atoms with E-state index in [4.69, 9.17) is 28.6 Å². The fourth-order valence-corrected chi connectivity index (χ4v) is 3.15. The van der Waals surface area contributed by atoms with Crippen LogP contribution >= 0.6 is 39.7 Å². The molecule has 0 saturated heterocycles. The highest BCUT2D eigenvalue weighted by Gasteiger charge is 2.15. The lowest BCUT2D eigenvalue weighted by molar-refractivity contribution is 0.0973. The molecule has 0 unspecified atom stereocenters. The summed E-state index contributed by atoms with van der Waals surface area (Å²) in [5, 5.41) is 6.29. The van der Waals surface area contributed by atoms with Gasteiger partial charge in [-0.15, -0.1) is 0 Å². The van der Waals surface area contributed by atoms with Crippen molar-refractivity contribution in [2.75, 3.05) is 11.9 Å². The molecule has 2 N–H and O–H groups in total. The third kappa shape index (κ3) is 7.13. The molecule has 0 radical (unpaired) electrons. The van der Waals surface area contributed by atoms with E-state index >= 15 is 0 Å². The van der Waals surface area contributed by atoms with E-state index in [1.165, 1.54) is 12.8 Å². The molecule has 0 aromatic heterocycles. The maximum Gasteiger partial charge on any atom is 0.261 e. The third-order valence-electron chi connectivity index (χ3n) is 3.79. The highest BCUT2D eigenvalue weighted by atomic mass is 79.9. The Morgan fingerprint density at radius 1 is 1.19 bits per heavy atom. The second-order valence-electron chi connectivity index (χ2n) is 5.94. The summed E-state index contributed by atoms with van der Waals surface area (Å²) < 4.78 is 6.60. The Kier molecular flexibility index (Phi) is 9.04. The first-order valence-electron chi connectivity index (χ1n) is 8.80. The largest absolute Gasteiger partial charge is 0.493 e. The minimum atomic E-state index is -0.343. The van der Waals surface area contributed by atoms with Crippen LogP contribution in [0.4, 0.5) is 5.69 Å². The predicted octanol–water partition coefficient (Wildman–Crippen LogP) is 6.19. The molecule has 27 heavy (non-hydrogen) atoms. The van der Waals surface area contributed by atoms with Crippen molar-refractivity contribution in [3.05, 3.63) is 57.5 Å². The van der Waals surface area contributed by atoms with E-state index in [2.05, 4.69) is 33.5 Å². The van der Waals surface area contributed by atoms with Crippen LogP contribution in [0.5, 0.6) is 5.75 Å².